The SMILES string of the molecule is COc1ccc(C(C)NC(=O)N2CCN(S(=O)(=O)c3cc(OC)ccc3OC)CC2)c(OC)c1. The molecule has 0 saturated carbocycles. The summed E-state index contributed by atoms with van der Waals surface area (Å²) in [6.07, 6.45) is 0. The normalized spacial score (nSPS) is 15.4. The van der Waals surface area contributed by atoms with E-state index in [2.05, 4.69) is 5.32 Å². The van der Waals surface area contributed by atoms with Gasteiger partial charge >= 0.3 is 6.03 Å². The van der Waals surface area contributed by atoms with E-state index in [9.17, 15) is 13.2 Å². The molecule has 1 aliphatic heterocycles. The van der Waals surface area contributed by atoms with Crippen molar-refractivity contribution in [3.63, 3.8) is 0 Å². The lowest BCUT2D eigenvalue weighted by Gasteiger charge is -2.35. The molecule has 3 rings (SSSR count). The summed E-state index contributed by atoms with van der Waals surface area (Å²) in [7, 11) is 2.20. The smallest absolute Gasteiger partial charge is 0.317 e. The molecule has 1 fully saturated rings. The Bertz CT molecular complexity index is 1120. The highest BCUT2D eigenvalue weighted by atomic mass is 32.2. The molecule has 0 aromatic heterocycles. The third kappa shape index (κ3) is 5.31. The van der Waals surface area contributed by atoms with Gasteiger partial charge in [-0.15, -0.1) is 0 Å². The van der Waals surface area contributed by atoms with Gasteiger partial charge in [-0.1, -0.05) is 0 Å². The number of benzene rings is 2. The maximum atomic E-state index is 13.2. The van der Waals surface area contributed by atoms with Crippen molar-refractivity contribution in [1.82, 2.24) is 14.5 Å². The molecule has 34 heavy (non-hydrogen) atoms. The lowest BCUT2D eigenvalue weighted by atomic mass is 10.1. The van der Waals surface area contributed by atoms with Gasteiger partial charge in [0.15, 0.2) is 0 Å². The highest BCUT2D eigenvalue weighted by Crippen LogP contribution is 2.32. The average molecular weight is 494 g/mol. The number of amides is 2. The fourth-order valence-corrected chi connectivity index (χ4v) is 5.38. The molecule has 1 N–H and O–H groups in total. The second kappa shape index (κ2) is 10.8. The topological polar surface area (TPSA) is 107 Å². The first-order valence-corrected chi connectivity index (χ1v) is 12.2. The summed E-state index contributed by atoms with van der Waals surface area (Å²) in [6.45, 7) is 2.69. The molecule has 2 amide bonds. The Balaban J connectivity index is 1.66. The molecule has 1 saturated heterocycles. The van der Waals surface area contributed by atoms with Crippen LogP contribution in [0.2, 0.25) is 0 Å². The number of methoxy groups -OCH3 is 4. The van der Waals surface area contributed by atoms with E-state index in [1.54, 1.807) is 43.4 Å². The second-order valence-corrected chi connectivity index (χ2v) is 9.59. The average Bonchev–Trinajstić information content (AvgIpc) is 2.87. The van der Waals surface area contributed by atoms with Gasteiger partial charge in [-0.05, 0) is 31.2 Å². The first-order valence-electron chi connectivity index (χ1n) is 10.7. The highest BCUT2D eigenvalue weighted by molar-refractivity contribution is 7.89. The number of ether oxygens (including phenoxy) is 4. The second-order valence-electron chi connectivity index (χ2n) is 7.69. The number of hydrogen-bond acceptors (Lipinski definition) is 7. The Morgan fingerprint density at radius 2 is 1.44 bits per heavy atom. The van der Waals surface area contributed by atoms with Gasteiger partial charge in [0.05, 0.1) is 34.5 Å². The van der Waals surface area contributed by atoms with Gasteiger partial charge in [-0.3, -0.25) is 0 Å². The lowest BCUT2D eigenvalue weighted by molar-refractivity contribution is 0.169. The Morgan fingerprint density at radius 1 is 0.853 bits per heavy atom. The van der Waals surface area contributed by atoms with Crippen LogP contribution < -0.4 is 24.3 Å². The van der Waals surface area contributed by atoms with Gasteiger partial charge in [0.1, 0.15) is 27.9 Å². The number of rotatable bonds is 8. The molecule has 1 heterocycles. The molecule has 0 radical (unpaired) electrons. The Hall–Kier alpha value is -3.18. The van der Waals surface area contributed by atoms with E-state index < -0.39 is 10.0 Å². The zero-order valence-corrected chi connectivity index (χ0v) is 20.8. The first kappa shape index (κ1) is 25.4. The third-order valence-electron chi connectivity index (χ3n) is 5.76. The van der Waals surface area contributed by atoms with Gasteiger partial charge in [0.2, 0.25) is 10.0 Å². The standard InChI is InChI=1S/C23H31N3O7S/c1-16(19-8-6-17(30-2)14-21(19)33-5)24-23(27)25-10-12-26(13-11-25)34(28,29)22-15-18(31-3)7-9-20(22)32-4/h6-9,14-16H,10-13H2,1-5H3,(H,24,27). The van der Waals surface area contributed by atoms with Crippen LogP contribution in [-0.2, 0) is 10.0 Å². The minimum atomic E-state index is -3.83. The van der Waals surface area contributed by atoms with Crippen LogP contribution in [0.15, 0.2) is 41.3 Å². The van der Waals surface area contributed by atoms with E-state index in [4.69, 9.17) is 18.9 Å². The summed E-state index contributed by atoms with van der Waals surface area (Å²) in [5, 5.41) is 2.96. The Morgan fingerprint density at radius 3 is 2.03 bits per heavy atom. The van der Waals surface area contributed by atoms with Crippen LogP contribution in [0.3, 0.4) is 0 Å². The monoisotopic (exact) mass is 493 g/mol. The summed E-state index contributed by atoms with van der Waals surface area (Å²) < 4.78 is 48.9. The Kier molecular flexibility index (Phi) is 8.11. The zero-order chi connectivity index (χ0) is 24.9. The predicted octanol–water partition coefficient (Wildman–Crippen LogP) is 2.50. The van der Waals surface area contributed by atoms with Gasteiger partial charge < -0.3 is 29.2 Å². The predicted molar refractivity (Wildman–Crippen MR) is 126 cm³/mol. The van der Waals surface area contributed by atoms with Gasteiger partial charge in [0.25, 0.3) is 0 Å². The van der Waals surface area contributed by atoms with E-state index in [1.807, 2.05) is 13.0 Å². The third-order valence-corrected chi connectivity index (χ3v) is 7.68. The fourth-order valence-electron chi connectivity index (χ4n) is 3.79. The van der Waals surface area contributed by atoms with Gasteiger partial charge in [0, 0.05) is 43.9 Å². The summed E-state index contributed by atoms with van der Waals surface area (Å²) in [5.74, 6) is 1.92. The maximum absolute atomic E-state index is 13.2. The molecular weight excluding hydrogens is 462 g/mol. The first-order chi connectivity index (χ1) is 16.2. The van der Waals surface area contributed by atoms with Crippen LogP contribution in [0.4, 0.5) is 4.79 Å². The number of carbonyl (C=O) groups is 1. The van der Waals surface area contributed by atoms with Crippen molar-refractivity contribution < 1.29 is 32.2 Å². The maximum Gasteiger partial charge on any atom is 0.317 e. The molecule has 10 nitrogen and oxygen atoms in total. The molecule has 0 spiro atoms. The van der Waals surface area contributed by atoms with E-state index in [0.29, 0.717) is 17.2 Å². The van der Waals surface area contributed by atoms with Crippen LogP contribution in [-0.4, -0.2) is 78.3 Å². The number of carbonyl (C=O) groups excluding carboxylic acids is 1. The van der Waals surface area contributed by atoms with Crippen molar-refractivity contribution in [3.8, 4) is 23.0 Å². The highest BCUT2D eigenvalue weighted by Gasteiger charge is 2.33. The quantitative estimate of drug-likeness (QED) is 0.602. The fraction of sp³-hybridized carbons (Fsp3) is 0.435. The summed E-state index contributed by atoms with van der Waals surface area (Å²) in [4.78, 5) is 14.5. The molecule has 2 aromatic carbocycles. The van der Waals surface area contributed by atoms with Crippen LogP contribution in [0.25, 0.3) is 0 Å². The Labute approximate surface area is 200 Å². The summed E-state index contributed by atoms with van der Waals surface area (Å²) in [5.41, 5.74) is 0.808. The number of urea groups is 1. The molecule has 2 aromatic rings. The van der Waals surface area contributed by atoms with Crippen LogP contribution in [0, 0.1) is 0 Å². The van der Waals surface area contributed by atoms with Crippen molar-refractivity contribution in [2.24, 2.45) is 0 Å². The number of nitrogens with one attached hydrogen (secondary N) is 1. The number of hydrogen-bond donors (Lipinski definition) is 1. The molecule has 11 heteroatoms. The van der Waals surface area contributed by atoms with E-state index in [-0.39, 0.29) is 48.9 Å². The molecule has 186 valence electrons. The van der Waals surface area contributed by atoms with E-state index in [0.717, 1.165) is 5.56 Å². The van der Waals surface area contributed by atoms with Crippen molar-refractivity contribution >= 4 is 16.1 Å². The minimum Gasteiger partial charge on any atom is -0.497 e. The van der Waals surface area contributed by atoms with Crippen molar-refractivity contribution in [3.05, 3.63) is 42.0 Å². The van der Waals surface area contributed by atoms with Gasteiger partial charge in [-0.2, -0.15) is 4.31 Å². The van der Waals surface area contributed by atoms with Crippen molar-refractivity contribution in [2.75, 3.05) is 54.6 Å². The number of piperazine rings is 1. The minimum absolute atomic E-state index is 0.0347. The number of sulfonamides is 1. The van der Waals surface area contributed by atoms with Gasteiger partial charge in [-0.25, -0.2) is 13.2 Å². The van der Waals surface area contributed by atoms with Crippen molar-refractivity contribution in [1.29, 1.82) is 0 Å². The summed E-state index contributed by atoms with van der Waals surface area (Å²) in [6, 6.07) is 9.44. The van der Waals surface area contributed by atoms with Crippen LogP contribution in [0.5, 0.6) is 23.0 Å². The van der Waals surface area contributed by atoms with E-state index in [1.165, 1.54) is 24.6 Å². The van der Waals surface area contributed by atoms with Crippen LogP contribution >= 0.6 is 0 Å². The zero-order valence-electron chi connectivity index (χ0n) is 20.0. The number of nitrogens with zero attached hydrogens (tertiary/aromatic N) is 2. The lowest BCUT2D eigenvalue weighted by Crippen LogP contribution is -2.53. The molecule has 1 unspecified atom stereocenters. The molecular formula is C23H31N3O7S. The summed E-state index contributed by atoms with van der Waals surface area (Å²) >= 11 is 0. The molecule has 1 aliphatic rings. The molecule has 0 bridgehead atoms. The van der Waals surface area contributed by atoms with E-state index >= 15 is 0 Å². The van der Waals surface area contributed by atoms with Crippen molar-refractivity contribution in [2.45, 2.75) is 17.9 Å². The van der Waals surface area contributed by atoms with Crippen LogP contribution in [0.1, 0.15) is 18.5 Å². The largest absolute Gasteiger partial charge is 0.497 e. The molecule has 0 aliphatic carbocycles. The molecule has 1 atom stereocenters.